The number of halogens is 5. The molecule has 1 atom stereocenters. The number of aromatic amines is 1. The molecule has 0 radical (unpaired) electrons. The average molecular weight is 323 g/mol. The van der Waals surface area contributed by atoms with Gasteiger partial charge in [-0.05, 0) is 6.92 Å². The van der Waals surface area contributed by atoms with Gasteiger partial charge in [0, 0.05) is 0 Å². The number of benzene rings is 1. The highest BCUT2D eigenvalue weighted by Gasteiger charge is 2.30. The van der Waals surface area contributed by atoms with Crippen LogP contribution in [-0.4, -0.2) is 19.9 Å². The van der Waals surface area contributed by atoms with Crippen molar-refractivity contribution >= 4 is 0 Å². The zero-order valence-corrected chi connectivity index (χ0v) is 10.6. The molecule has 0 fully saturated rings. The third-order valence-corrected chi connectivity index (χ3v) is 2.86. The van der Waals surface area contributed by atoms with Crippen LogP contribution in [0.25, 0.3) is 0 Å². The molecular weight excluding hydrogens is 317 g/mol. The Labute approximate surface area is 117 Å². The molecule has 1 aromatic heterocycles. The Morgan fingerprint density at radius 3 is 1.95 bits per heavy atom. The summed E-state index contributed by atoms with van der Waals surface area (Å²) >= 11 is 0. The van der Waals surface area contributed by atoms with Gasteiger partial charge in [0.15, 0.2) is 23.3 Å². The fraction of sp³-hybridized carbons (Fsp3) is 0.182. The van der Waals surface area contributed by atoms with Crippen LogP contribution in [-0.2, 0) is 0 Å². The quantitative estimate of drug-likeness (QED) is 0.489. The summed E-state index contributed by atoms with van der Waals surface area (Å²) in [6, 6.07) is -1.79. The van der Waals surface area contributed by atoms with E-state index < -0.39 is 57.8 Å². The molecule has 0 spiro atoms. The minimum absolute atomic E-state index is 0.176. The SMILES string of the molecule is CC(c1c(F)c(F)c(F)c(F)c1F)n1nc(O)c(=O)[nH]c1=O. The van der Waals surface area contributed by atoms with E-state index in [1.807, 2.05) is 0 Å². The van der Waals surface area contributed by atoms with Crippen molar-refractivity contribution in [3.8, 4) is 5.88 Å². The molecule has 118 valence electrons. The maximum absolute atomic E-state index is 13.7. The minimum Gasteiger partial charge on any atom is -0.488 e. The summed E-state index contributed by atoms with van der Waals surface area (Å²) < 4.78 is 66.7. The Hall–Kier alpha value is -2.72. The normalized spacial score (nSPS) is 12.5. The number of rotatable bonds is 2. The lowest BCUT2D eigenvalue weighted by Gasteiger charge is -2.16. The highest BCUT2D eigenvalue weighted by Crippen LogP contribution is 2.28. The van der Waals surface area contributed by atoms with Crippen LogP contribution < -0.4 is 11.2 Å². The molecular formula is C11H6F5N3O3. The molecule has 0 aliphatic carbocycles. The molecule has 0 aliphatic rings. The summed E-state index contributed by atoms with van der Waals surface area (Å²) in [6.45, 7) is 0.893. The molecule has 0 bridgehead atoms. The number of aromatic nitrogens is 3. The van der Waals surface area contributed by atoms with Crippen molar-refractivity contribution in [1.82, 2.24) is 14.8 Å². The van der Waals surface area contributed by atoms with Crippen molar-refractivity contribution in [2.24, 2.45) is 0 Å². The molecule has 1 aromatic carbocycles. The summed E-state index contributed by atoms with van der Waals surface area (Å²) in [7, 11) is 0. The minimum atomic E-state index is -2.35. The number of H-pyrrole nitrogens is 1. The van der Waals surface area contributed by atoms with Crippen LogP contribution in [0.4, 0.5) is 22.0 Å². The molecule has 6 nitrogen and oxygen atoms in total. The summed E-state index contributed by atoms with van der Waals surface area (Å²) in [4.78, 5) is 24.0. The van der Waals surface area contributed by atoms with Gasteiger partial charge in [0.2, 0.25) is 5.82 Å². The first kappa shape index (κ1) is 15.7. The first-order chi connectivity index (χ1) is 10.2. The Balaban J connectivity index is 2.75. The second kappa shape index (κ2) is 5.24. The Morgan fingerprint density at radius 2 is 1.45 bits per heavy atom. The van der Waals surface area contributed by atoms with Crippen molar-refractivity contribution in [2.45, 2.75) is 13.0 Å². The van der Waals surface area contributed by atoms with E-state index in [-0.39, 0.29) is 4.68 Å². The Kier molecular flexibility index (Phi) is 3.73. The fourth-order valence-corrected chi connectivity index (χ4v) is 1.78. The molecule has 2 aromatic rings. The molecule has 1 heterocycles. The van der Waals surface area contributed by atoms with E-state index in [0.29, 0.717) is 0 Å². The van der Waals surface area contributed by atoms with Gasteiger partial charge in [-0.1, -0.05) is 0 Å². The molecule has 22 heavy (non-hydrogen) atoms. The maximum Gasteiger partial charge on any atom is 0.345 e. The topological polar surface area (TPSA) is 88.0 Å². The summed E-state index contributed by atoms with van der Waals surface area (Å²) in [5.41, 5.74) is -3.91. The van der Waals surface area contributed by atoms with E-state index >= 15 is 0 Å². The van der Waals surface area contributed by atoms with Crippen molar-refractivity contribution in [1.29, 1.82) is 0 Å². The zero-order valence-electron chi connectivity index (χ0n) is 10.6. The highest BCUT2D eigenvalue weighted by atomic mass is 19.2. The predicted molar refractivity (Wildman–Crippen MR) is 60.8 cm³/mol. The Bertz CT molecular complexity index is 847. The summed E-state index contributed by atoms with van der Waals surface area (Å²) in [5.74, 6) is -12.2. The fourth-order valence-electron chi connectivity index (χ4n) is 1.78. The van der Waals surface area contributed by atoms with Crippen LogP contribution in [0, 0.1) is 29.1 Å². The number of nitrogens with zero attached hydrogens (tertiary/aromatic N) is 2. The van der Waals surface area contributed by atoms with Crippen molar-refractivity contribution in [3.05, 3.63) is 55.5 Å². The Morgan fingerprint density at radius 1 is 1.00 bits per heavy atom. The predicted octanol–water partition coefficient (Wildman–Crippen LogP) is 0.942. The average Bonchev–Trinajstić information content (AvgIpc) is 2.47. The third kappa shape index (κ3) is 2.23. The molecule has 0 saturated heterocycles. The van der Waals surface area contributed by atoms with Gasteiger partial charge in [-0.2, -0.15) is 0 Å². The molecule has 1 unspecified atom stereocenters. The van der Waals surface area contributed by atoms with Crippen LogP contribution in [0.2, 0.25) is 0 Å². The molecule has 11 heteroatoms. The lowest BCUT2D eigenvalue weighted by Crippen LogP contribution is -2.35. The van der Waals surface area contributed by atoms with Gasteiger partial charge in [-0.25, -0.2) is 31.4 Å². The monoisotopic (exact) mass is 323 g/mol. The van der Waals surface area contributed by atoms with E-state index in [2.05, 4.69) is 5.10 Å². The van der Waals surface area contributed by atoms with E-state index in [4.69, 9.17) is 5.11 Å². The second-order valence-corrected chi connectivity index (χ2v) is 4.19. The van der Waals surface area contributed by atoms with Gasteiger partial charge in [-0.3, -0.25) is 9.78 Å². The highest BCUT2D eigenvalue weighted by molar-refractivity contribution is 5.27. The van der Waals surface area contributed by atoms with Crippen LogP contribution in [0.15, 0.2) is 9.59 Å². The van der Waals surface area contributed by atoms with E-state index in [0.717, 1.165) is 6.92 Å². The van der Waals surface area contributed by atoms with Gasteiger partial charge in [0.05, 0.1) is 11.6 Å². The smallest absolute Gasteiger partial charge is 0.345 e. The first-order valence-electron chi connectivity index (χ1n) is 5.60. The van der Waals surface area contributed by atoms with Crippen LogP contribution in [0.1, 0.15) is 18.5 Å². The van der Waals surface area contributed by atoms with E-state index in [9.17, 15) is 31.5 Å². The van der Waals surface area contributed by atoms with Gasteiger partial charge < -0.3 is 5.11 Å². The number of hydrogen-bond donors (Lipinski definition) is 2. The first-order valence-corrected chi connectivity index (χ1v) is 5.60. The zero-order chi connectivity index (χ0) is 16.8. The van der Waals surface area contributed by atoms with E-state index in [1.165, 1.54) is 0 Å². The third-order valence-electron chi connectivity index (χ3n) is 2.86. The lowest BCUT2D eigenvalue weighted by atomic mass is 10.1. The van der Waals surface area contributed by atoms with E-state index in [1.54, 1.807) is 4.98 Å². The van der Waals surface area contributed by atoms with Crippen molar-refractivity contribution in [2.75, 3.05) is 0 Å². The maximum atomic E-state index is 13.7. The molecule has 2 rings (SSSR count). The molecule has 0 amide bonds. The van der Waals surface area contributed by atoms with Crippen LogP contribution >= 0.6 is 0 Å². The summed E-state index contributed by atoms with van der Waals surface area (Å²) in [6.07, 6.45) is 0. The van der Waals surface area contributed by atoms with Crippen LogP contribution in [0.3, 0.4) is 0 Å². The van der Waals surface area contributed by atoms with Crippen molar-refractivity contribution < 1.29 is 27.1 Å². The molecule has 0 saturated carbocycles. The molecule has 2 N–H and O–H groups in total. The summed E-state index contributed by atoms with van der Waals surface area (Å²) in [5, 5.41) is 12.2. The number of aromatic hydroxyl groups is 1. The number of hydrogen-bond acceptors (Lipinski definition) is 4. The van der Waals surface area contributed by atoms with Gasteiger partial charge >= 0.3 is 11.2 Å². The van der Waals surface area contributed by atoms with Crippen LogP contribution in [0.5, 0.6) is 5.88 Å². The van der Waals surface area contributed by atoms with Gasteiger partial charge in [0.1, 0.15) is 0 Å². The molecule has 0 aliphatic heterocycles. The van der Waals surface area contributed by atoms with Gasteiger partial charge in [-0.15, -0.1) is 5.10 Å². The number of nitrogens with one attached hydrogen (secondary N) is 1. The standard InChI is InChI=1S/C11H6F5N3O3/c1-2(19-11(22)17-9(20)10(21)18-19)3-4(12)6(14)8(16)7(15)5(3)13/h2H,1H3,(H,18,21)(H,17,20,22). The largest absolute Gasteiger partial charge is 0.488 e. The lowest BCUT2D eigenvalue weighted by molar-refractivity contribution is 0.346. The second-order valence-electron chi connectivity index (χ2n) is 4.19. The van der Waals surface area contributed by atoms with Gasteiger partial charge in [0.25, 0.3) is 5.88 Å². The van der Waals surface area contributed by atoms with Crippen molar-refractivity contribution in [3.63, 3.8) is 0 Å².